The minimum absolute atomic E-state index is 0.129. The molecule has 0 spiro atoms. The van der Waals surface area contributed by atoms with Crippen LogP contribution in [0.3, 0.4) is 0 Å². The van der Waals surface area contributed by atoms with Gasteiger partial charge in [-0.3, -0.25) is 14.6 Å². The molecule has 2 aromatic heterocycles. The van der Waals surface area contributed by atoms with Crippen LogP contribution in [0, 0.1) is 0 Å². The average molecular weight is 437 g/mol. The lowest BCUT2D eigenvalue weighted by molar-refractivity contribution is -0.124. The number of thioether (sulfide) groups is 1. The highest BCUT2D eigenvalue weighted by atomic mass is 32.2. The van der Waals surface area contributed by atoms with Gasteiger partial charge in [-0.15, -0.1) is 11.8 Å². The van der Waals surface area contributed by atoms with Gasteiger partial charge in [0.25, 0.3) is 5.91 Å². The second-order valence-corrected chi connectivity index (χ2v) is 8.51. The van der Waals surface area contributed by atoms with Crippen molar-refractivity contribution in [3.8, 4) is 0 Å². The Morgan fingerprint density at radius 3 is 2.61 bits per heavy atom. The third-order valence-corrected chi connectivity index (χ3v) is 6.54. The molecular weight excluding hydrogens is 412 g/mol. The number of pyridine rings is 1. The monoisotopic (exact) mass is 436 g/mol. The third-order valence-electron chi connectivity index (χ3n) is 5.52. The fourth-order valence-electron chi connectivity index (χ4n) is 3.91. The molecule has 1 fully saturated rings. The number of nitrogens with one attached hydrogen (secondary N) is 2. The second-order valence-electron chi connectivity index (χ2n) is 7.46. The largest absolute Gasteiger partial charge is 0.388 e. The number of aliphatic hydroxyl groups is 1. The molecule has 2 amide bonds. The maximum absolute atomic E-state index is 12.9. The lowest BCUT2D eigenvalue weighted by Crippen LogP contribution is -2.63. The third kappa shape index (κ3) is 4.65. The second kappa shape index (κ2) is 9.36. The summed E-state index contributed by atoms with van der Waals surface area (Å²) >= 11 is 1.41. The Bertz CT molecular complexity index is 1010. The molecule has 8 heteroatoms. The first-order valence-corrected chi connectivity index (χ1v) is 11.1. The van der Waals surface area contributed by atoms with Gasteiger partial charge in [-0.05, 0) is 36.2 Å². The zero-order chi connectivity index (χ0) is 21.7. The lowest BCUT2D eigenvalue weighted by Gasteiger charge is -2.46. The molecule has 0 saturated carbocycles. The van der Waals surface area contributed by atoms with E-state index >= 15 is 0 Å². The molecular formula is C23H24N4O3S. The van der Waals surface area contributed by atoms with Crippen LogP contribution in [0.2, 0.25) is 0 Å². The summed E-state index contributed by atoms with van der Waals surface area (Å²) in [5, 5.41) is 14.3. The van der Waals surface area contributed by atoms with Gasteiger partial charge in [-0.2, -0.15) is 0 Å². The number of amides is 2. The van der Waals surface area contributed by atoms with Crippen molar-refractivity contribution in [2.75, 3.05) is 18.8 Å². The molecule has 3 N–H and O–H groups in total. The van der Waals surface area contributed by atoms with Crippen molar-refractivity contribution in [1.29, 1.82) is 0 Å². The SMILES string of the molecule is O=C(CSc1ccncc1)N[C@@]1(c2ccccc2)CCN(C(=O)c2ccc[nH]2)C[C@H]1O. The van der Waals surface area contributed by atoms with Gasteiger partial charge in [-0.25, -0.2) is 0 Å². The minimum atomic E-state index is -0.955. The average Bonchev–Trinajstić information content (AvgIpc) is 3.35. The molecule has 2 atom stereocenters. The first-order chi connectivity index (χ1) is 15.1. The summed E-state index contributed by atoms with van der Waals surface area (Å²) in [6.07, 6.45) is 4.54. The number of benzene rings is 1. The predicted octanol–water partition coefficient (Wildman–Crippen LogP) is 2.42. The number of hydrogen-bond donors (Lipinski definition) is 3. The summed E-state index contributed by atoms with van der Waals surface area (Å²) in [6.45, 7) is 0.548. The van der Waals surface area contributed by atoms with Crippen LogP contribution in [0.5, 0.6) is 0 Å². The summed E-state index contributed by atoms with van der Waals surface area (Å²) in [4.78, 5) is 35.1. The summed E-state index contributed by atoms with van der Waals surface area (Å²) in [7, 11) is 0. The molecule has 31 heavy (non-hydrogen) atoms. The van der Waals surface area contributed by atoms with Gasteiger partial charge in [0.15, 0.2) is 0 Å². The minimum Gasteiger partial charge on any atom is -0.388 e. The number of rotatable bonds is 6. The molecule has 0 bridgehead atoms. The van der Waals surface area contributed by atoms with Crippen molar-refractivity contribution in [1.82, 2.24) is 20.2 Å². The Balaban J connectivity index is 1.51. The van der Waals surface area contributed by atoms with E-state index in [1.54, 1.807) is 35.6 Å². The summed E-state index contributed by atoms with van der Waals surface area (Å²) < 4.78 is 0. The first-order valence-electron chi connectivity index (χ1n) is 10.1. The van der Waals surface area contributed by atoms with Crippen LogP contribution >= 0.6 is 11.8 Å². The van der Waals surface area contributed by atoms with Crippen LogP contribution < -0.4 is 5.32 Å². The van der Waals surface area contributed by atoms with Gasteiger partial charge in [0.1, 0.15) is 5.69 Å². The van der Waals surface area contributed by atoms with E-state index in [-0.39, 0.29) is 24.1 Å². The van der Waals surface area contributed by atoms with Crippen molar-refractivity contribution >= 4 is 23.6 Å². The van der Waals surface area contributed by atoms with E-state index in [9.17, 15) is 14.7 Å². The number of H-pyrrole nitrogens is 1. The van der Waals surface area contributed by atoms with Crippen LogP contribution in [0.4, 0.5) is 0 Å². The van der Waals surface area contributed by atoms with Crippen molar-refractivity contribution in [2.24, 2.45) is 0 Å². The molecule has 1 aromatic carbocycles. The molecule has 0 aliphatic carbocycles. The number of piperidine rings is 1. The Morgan fingerprint density at radius 1 is 1.16 bits per heavy atom. The van der Waals surface area contributed by atoms with E-state index < -0.39 is 11.6 Å². The van der Waals surface area contributed by atoms with Gasteiger partial charge >= 0.3 is 0 Å². The molecule has 7 nitrogen and oxygen atoms in total. The lowest BCUT2D eigenvalue weighted by atomic mass is 9.78. The fraction of sp³-hybridized carbons (Fsp3) is 0.261. The summed E-state index contributed by atoms with van der Waals surface area (Å²) in [5.74, 6) is -0.115. The molecule has 0 radical (unpaired) electrons. The van der Waals surface area contributed by atoms with E-state index in [1.807, 2.05) is 42.5 Å². The van der Waals surface area contributed by atoms with Gasteiger partial charge in [0.05, 0.1) is 17.4 Å². The van der Waals surface area contributed by atoms with Crippen molar-refractivity contribution in [3.63, 3.8) is 0 Å². The van der Waals surface area contributed by atoms with Crippen molar-refractivity contribution < 1.29 is 14.7 Å². The molecule has 0 unspecified atom stereocenters. The van der Waals surface area contributed by atoms with Gasteiger partial charge in [0.2, 0.25) is 5.91 Å². The highest BCUT2D eigenvalue weighted by molar-refractivity contribution is 8.00. The normalized spacial score (nSPS) is 20.9. The Morgan fingerprint density at radius 2 is 1.94 bits per heavy atom. The van der Waals surface area contributed by atoms with Crippen LogP contribution in [0.25, 0.3) is 0 Å². The van der Waals surface area contributed by atoms with E-state index in [0.717, 1.165) is 10.5 Å². The molecule has 160 valence electrons. The highest BCUT2D eigenvalue weighted by Crippen LogP contribution is 2.34. The number of aliphatic hydroxyl groups excluding tert-OH is 1. The van der Waals surface area contributed by atoms with Crippen LogP contribution in [0.15, 0.2) is 78.1 Å². The zero-order valence-corrected chi connectivity index (χ0v) is 17.7. The van der Waals surface area contributed by atoms with Crippen LogP contribution in [0.1, 0.15) is 22.5 Å². The topological polar surface area (TPSA) is 98.3 Å². The number of aromatic nitrogens is 2. The quantitative estimate of drug-likeness (QED) is 0.516. The number of nitrogens with zero attached hydrogens (tertiary/aromatic N) is 2. The molecule has 3 heterocycles. The predicted molar refractivity (Wildman–Crippen MR) is 119 cm³/mol. The number of β-amino-alcohol motifs (C(OH)–C–C–N with tert-alkyl or cyclic N) is 1. The van der Waals surface area contributed by atoms with E-state index in [1.165, 1.54) is 11.8 Å². The maximum atomic E-state index is 12.9. The van der Waals surface area contributed by atoms with Gasteiger partial charge < -0.3 is 20.3 Å². The smallest absolute Gasteiger partial charge is 0.270 e. The maximum Gasteiger partial charge on any atom is 0.270 e. The molecule has 1 aliphatic heterocycles. The number of carbonyl (C=O) groups is 2. The van der Waals surface area contributed by atoms with Crippen molar-refractivity contribution in [2.45, 2.75) is 23.0 Å². The van der Waals surface area contributed by atoms with Gasteiger partial charge in [-0.1, -0.05) is 30.3 Å². The summed E-state index contributed by atoms with van der Waals surface area (Å²) in [5.41, 5.74) is 0.359. The Hall–Kier alpha value is -3.10. The number of likely N-dealkylation sites (tertiary alicyclic amines) is 1. The van der Waals surface area contributed by atoms with Crippen molar-refractivity contribution in [3.05, 3.63) is 84.4 Å². The molecule has 4 rings (SSSR count). The highest BCUT2D eigenvalue weighted by Gasteiger charge is 2.46. The molecule has 3 aromatic rings. The van der Waals surface area contributed by atoms with E-state index in [0.29, 0.717) is 18.7 Å². The zero-order valence-electron chi connectivity index (χ0n) is 16.9. The number of aromatic amines is 1. The summed E-state index contributed by atoms with van der Waals surface area (Å²) in [6, 6.07) is 16.7. The standard InChI is InChI=1S/C23H24N4O3S/c28-20-15-27(22(30)19-7-4-11-25-19)14-10-23(20,17-5-2-1-3-6-17)26-21(29)16-31-18-8-12-24-13-9-18/h1-9,11-13,20,25,28H,10,14-16H2,(H,26,29)/t20-,23-/m1/s1. The Labute approximate surface area is 184 Å². The number of carbonyl (C=O) groups excluding carboxylic acids is 2. The van der Waals surface area contributed by atoms with Gasteiger partial charge in [0, 0.05) is 36.6 Å². The van der Waals surface area contributed by atoms with Crippen LogP contribution in [-0.2, 0) is 10.3 Å². The fourth-order valence-corrected chi connectivity index (χ4v) is 4.59. The Kier molecular flexibility index (Phi) is 6.39. The first kappa shape index (κ1) is 21.1. The molecule has 1 saturated heterocycles. The molecule has 1 aliphatic rings. The van der Waals surface area contributed by atoms with E-state index in [4.69, 9.17) is 0 Å². The van der Waals surface area contributed by atoms with Crippen LogP contribution in [-0.4, -0.2) is 56.7 Å². The number of hydrogen-bond acceptors (Lipinski definition) is 5. The van der Waals surface area contributed by atoms with E-state index in [2.05, 4.69) is 15.3 Å².